The van der Waals surface area contributed by atoms with Gasteiger partial charge in [0, 0.05) is 6.54 Å². The molecule has 0 unspecified atom stereocenters. The standard InChI is InChI=1S/C14H17N3O4S/c1-22(20,21)17-8-4-7-12(17)14(19)16-9-13(18)15-10-5-2-3-6-11(10)16/h2-3,5-6,12H,4,7-9H2,1H3,(H,15,18)/t12-/m0/s1. The summed E-state index contributed by atoms with van der Waals surface area (Å²) in [5, 5.41) is 2.71. The number of rotatable bonds is 2. The first-order valence-corrected chi connectivity index (χ1v) is 8.90. The van der Waals surface area contributed by atoms with Crippen molar-refractivity contribution >= 4 is 33.2 Å². The minimum Gasteiger partial charge on any atom is -0.323 e. The zero-order chi connectivity index (χ0) is 15.9. The number of anilines is 2. The minimum atomic E-state index is -3.44. The second-order valence-corrected chi connectivity index (χ2v) is 7.46. The van der Waals surface area contributed by atoms with Crippen molar-refractivity contribution in [3.63, 3.8) is 0 Å². The zero-order valence-electron chi connectivity index (χ0n) is 12.2. The Kier molecular flexibility index (Phi) is 3.65. The summed E-state index contributed by atoms with van der Waals surface area (Å²) < 4.78 is 24.9. The van der Waals surface area contributed by atoms with Gasteiger partial charge in [0.05, 0.1) is 17.6 Å². The number of hydrogen-bond donors (Lipinski definition) is 1. The van der Waals surface area contributed by atoms with Crippen molar-refractivity contribution in [1.29, 1.82) is 0 Å². The summed E-state index contributed by atoms with van der Waals surface area (Å²) in [6.07, 6.45) is 2.23. The topological polar surface area (TPSA) is 86.8 Å². The number of amides is 2. The van der Waals surface area contributed by atoms with Crippen molar-refractivity contribution in [2.75, 3.05) is 29.6 Å². The minimum absolute atomic E-state index is 0.0933. The Bertz CT molecular complexity index is 731. The lowest BCUT2D eigenvalue weighted by molar-refractivity contribution is -0.124. The molecule has 0 spiro atoms. The van der Waals surface area contributed by atoms with Crippen LogP contribution in [0.25, 0.3) is 0 Å². The summed E-state index contributed by atoms with van der Waals surface area (Å²) in [6, 6.07) is 6.28. The van der Waals surface area contributed by atoms with Crippen LogP contribution >= 0.6 is 0 Å². The SMILES string of the molecule is CS(=O)(=O)N1CCC[C@H]1C(=O)N1CC(=O)Nc2ccccc21. The number of nitrogens with zero attached hydrogens (tertiary/aromatic N) is 2. The van der Waals surface area contributed by atoms with Crippen molar-refractivity contribution in [3.8, 4) is 0 Å². The summed E-state index contributed by atoms with van der Waals surface area (Å²) in [5.74, 6) is -0.624. The van der Waals surface area contributed by atoms with Crippen LogP contribution in [0.2, 0.25) is 0 Å². The quantitative estimate of drug-likeness (QED) is 0.853. The normalized spacial score (nSPS) is 22.3. The van der Waals surface area contributed by atoms with Gasteiger partial charge in [-0.15, -0.1) is 0 Å². The molecule has 1 N–H and O–H groups in total. The van der Waals surface area contributed by atoms with Gasteiger partial charge in [-0.05, 0) is 25.0 Å². The van der Waals surface area contributed by atoms with Crippen molar-refractivity contribution in [2.45, 2.75) is 18.9 Å². The second kappa shape index (κ2) is 5.36. The first-order chi connectivity index (χ1) is 10.4. The van der Waals surface area contributed by atoms with Crippen LogP contribution in [0, 0.1) is 0 Å². The lowest BCUT2D eigenvalue weighted by Crippen LogP contribution is -2.51. The van der Waals surface area contributed by atoms with Gasteiger partial charge in [0.15, 0.2) is 0 Å². The molecular formula is C14H17N3O4S. The van der Waals surface area contributed by atoms with Crippen LogP contribution in [0.1, 0.15) is 12.8 Å². The summed E-state index contributed by atoms with van der Waals surface area (Å²) in [4.78, 5) is 26.0. The maximum Gasteiger partial charge on any atom is 0.245 e. The van der Waals surface area contributed by atoms with E-state index >= 15 is 0 Å². The predicted octanol–water partition coefficient (Wildman–Crippen LogP) is 0.396. The molecule has 0 bridgehead atoms. The van der Waals surface area contributed by atoms with Crippen LogP contribution in [-0.4, -0.2) is 49.9 Å². The molecule has 0 radical (unpaired) electrons. The smallest absolute Gasteiger partial charge is 0.245 e. The third kappa shape index (κ3) is 2.59. The molecule has 22 heavy (non-hydrogen) atoms. The van der Waals surface area contributed by atoms with Gasteiger partial charge in [-0.1, -0.05) is 12.1 Å². The van der Waals surface area contributed by atoms with E-state index in [1.165, 1.54) is 9.21 Å². The largest absolute Gasteiger partial charge is 0.323 e. The van der Waals surface area contributed by atoms with E-state index in [1.54, 1.807) is 24.3 Å². The molecular weight excluding hydrogens is 306 g/mol. The number of carbonyl (C=O) groups excluding carboxylic acids is 2. The van der Waals surface area contributed by atoms with E-state index in [-0.39, 0.29) is 18.4 Å². The summed E-state index contributed by atoms with van der Waals surface area (Å²) in [7, 11) is -3.44. The maximum atomic E-state index is 12.8. The predicted molar refractivity (Wildman–Crippen MR) is 82.0 cm³/mol. The highest BCUT2D eigenvalue weighted by molar-refractivity contribution is 7.88. The average Bonchev–Trinajstić information content (AvgIpc) is 2.95. The molecule has 2 amide bonds. The third-order valence-electron chi connectivity index (χ3n) is 3.95. The van der Waals surface area contributed by atoms with E-state index in [0.29, 0.717) is 30.8 Å². The Balaban J connectivity index is 1.94. The van der Waals surface area contributed by atoms with Gasteiger partial charge in [-0.25, -0.2) is 8.42 Å². The summed E-state index contributed by atoms with van der Waals surface area (Å²) in [5.41, 5.74) is 1.17. The number of fused-ring (bicyclic) bond motifs is 1. The van der Waals surface area contributed by atoms with Crippen LogP contribution in [0.4, 0.5) is 11.4 Å². The van der Waals surface area contributed by atoms with E-state index in [0.717, 1.165) is 6.26 Å². The van der Waals surface area contributed by atoms with Gasteiger partial charge in [0.2, 0.25) is 21.8 Å². The van der Waals surface area contributed by atoms with Gasteiger partial charge >= 0.3 is 0 Å². The van der Waals surface area contributed by atoms with Gasteiger partial charge in [0.1, 0.15) is 12.6 Å². The highest BCUT2D eigenvalue weighted by Crippen LogP contribution is 2.31. The molecule has 8 heteroatoms. The van der Waals surface area contributed by atoms with Crippen molar-refractivity contribution < 1.29 is 18.0 Å². The zero-order valence-corrected chi connectivity index (χ0v) is 13.0. The monoisotopic (exact) mass is 323 g/mol. The molecule has 1 atom stereocenters. The lowest BCUT2D eigenvalue weighted by Gasteiger charge is -2.32. The first-order valence-electron chi connectivity index (χ1n) is 7.05. The van der Waals surface area contributed by atoms with Crippen LogP contribution < -0.4 is 10.2 Å². The molecule has 1 saturated heterocycles. The van der Waals surface area contributed by atoms with E-state index in [1.807, 2.05) is 0 Å². The van der Waals surface area contributed by atoms with Crippen molar-refractivity contribution in [1.82, 2.24) is 4.31 Å². The van der Waals surface area contributed by atoms with E-state index in [4.69, 9.17) is 0 Å². The molecule has 0 aliphatic carbocycles. The number of sulfonamides is 1. The fraction of sp³-hybridized carbons (Fsp3) is 0.429. The van der Waals surface area contributed by atoms with Crippen molar-refractivity contribution in [2.24, 2.45) is 0 Å². The molecule has 1 aromatic carbocycles. The Hall–Kier alpha value is -1.93. The van der Waals surface area contributed by atoms with Crippen LogP contribution in [0.3, 0.4) is 0 Å². The summed E-state index contributed by atoms with van der Waals surface area (Å²) >= 11 is 0. The van der Waals surface area contributed by atoms with Crippen LogP contribution in [-0.2, 0) is 19.6 Å². The molecule has 0 saturated carbocycles. The van der Waals surface area contributed by atoms with Gasteiger partial charge in [-0.2, -0.15) is 4.31 Å². The second-order valence-electron chi connectivity index (χ2n) is 5.52. The molecule has 2 aliphatic rings. The Morgan fingerprint density at radius 1 is 1.32 bits per heavy atom. The highest BCUT2D eigenvalue weighted by Gasteiger charge is 2.40. The summed E-state index contributed by atoms with van der Waals surface area (Å²) in [6.45, 7) is 0.251. The van der Waals surface area contributed by atoms with Crippen LogP contribution in [0.5, 0.6) is 0 Å². The number of hydrogen-bond acceptors (Lipinski definition) is 4. The Labute approximate surface area is 128 Å². The number of nitrogens with one attached hydrogen (secondary N) is 1. The maximum absolute atomic E-state index is 12.8. The number of benzene rings is 1. The lowest BCUT2D eigenvalue weighted by atomic mass is 10.1. The Morgan fingerprint density at radius 2 is 2.05 bits per heavy atom. The highest BCUT2D eigenvalue weighted by atomic mass is 32.2. The average molecular weight is 323 g/mol. The number of para-hydroxylation sites is 2. The third-order valence-corrected chi connectivity index (χ3v) is 5.24. The molecule has 1 fully saturated rings. The molecule has 118 valence electrons. The molecule has 2 aliphatic heterocycles. The molecule has 3 rings (SSSR count). The Morgan fingerprint density at radius 3 is 2.77 bits per heavy atom. The van der Waals surface area contributed by atoms with E-state index in [2.05, 4.69) is 5.32 Å². The van der Waals surface area contributed by atoms with E-state index in [9.17, 15) is 18.0 Å². The van der Waals surface area contributed by atoms with Crippen molar-refractivity contribution in [3.05, 3.63) is 24.3 Å². The van der Waals surface area contributed by atoms with E-state index < -0.39 is 16.1 Å². The molecule has 1 aromatic rings. The van der Waals surface area contributed by atoms with Gasteiger partial charge in [0.25, 0.3) is 0 Å². The fourth-order valence-electron chi connectivity index (χ4n) is 2.99. The molecule has 2 heterocycles. The fourth-order valence-corrected chi connectivity index (χ4v) is 4.11. The molecule has 0 aromatic heterocycles. The first kappa shape index (κ1) is 15.0. The van der Waals surface area contributed by atoms with Gasteiger partial charge < -0.3 is 5.32 Å². The van der Waals surface area contributed by atoms with Gasteiger partial charge in [-0.3, -0.25) is 14.5 Å². The van der Waals surface area contributed by atoms with Crippen LogP contribution in [0.15, 0.2) is 24.3 Å². The molecule has 7 nitrogen and oxygen atoms in total. The number of carbonyl (C=O) groups is 2.